The average molecular weight is 313 g/mol. The number of fused-ring (bicyclic) bond motifs is 1. The van der Waals surface area contributed by atoms with E-state index in [4.69, 9.17) is 14.2 Å². The van der Waals surface area contributed by atoms with Crippen LogP contribution in [0, 0.1) is 6.92 Å². The summed E-state index contributed by atoms with van der Waals surface area (Å²) in [6.45, 7) is 4.03. The highest BCUT2D eigenvalue weighted by Gasteiger charge is 2.39. The second kappa shape index (κ2) is 6.13. The van der Waals surface area contributed by atoms with E-state index in [1.165, 1.54) is 5.56 Å². The largest absolute Gasteiger partial charge is 0.493 e. The molecule has 23 heavy (non-hydrogen) atoms. The average Bonchev–Trinajstić information content (AvgIpc) is 2.56. The van der Waals surface area contributed by atoms with Gasteiger partial charge in [-0.1, -0.05) is 29.8 Å². The summed E-state index contributed by atoms with van der Waals surface area (Å²) in [4.78, 5) is 0. The number of nitrogens with one attached hydrogen (secondary N) is 1. The van der Waals surface area contributed by atoms with Crippen molar-refractivity contribution < 1.29 is 14.2 Å². The highest BCUT2D eigenvalue weighted by atomic mass is 16.7. The van der Waals surface area contributed by atoms with Crippen molar-refractivity contribution >= 4 is 5.69 Å². The van der Waals surface area contributed by atoms with Crippen molar-refractivity contribution in [2.45, 2.75) is 32.1 Å². The van der Waals surface area contributed by atoms with Crippen LogP contribution >= 0.6 is 0 Å². The Bertz CT molecular complexity index is 684. The second-order valence-corrected chi connectivity index (χ2v) is 6.09. The van der Waals surface area contributed by atoms with Crippen molar-refractivity contribution in [1.29, 1.82) is 0 Å². The van der Waals surface area contributed by atoms with Gasteiger partial charge in [-0.15, -0.1) is 0 Å². The molecule has 4 heteroatoms. The summed E-state index contributed by atoms with van der Waals surface area (Å²) in [6.07, 6.45) is 0.706. The normalized spacial score (nSPS) is 22.9. The maximum Gasteiger partial charge on any atom is 0.209 e. The molecule has 2 aromatic rings. The van der Waals surface area contributed by atoms with E-state index in [2.05, 4.69) is 42.6 Å². The molecule has 0 aromatic heterocycles. The standard InChI is InChI=1S/C19H23NO3/c1-13-8-10-14(11-9-13)20-16-12-19(2,22-4)23-18-15(16)6-5-7-17(18)21-3/h5-11,16,20H,12H2,1-4H3/t16-,19-/m1/s1. The summed E-state index contributed by atoms with van der Waals surface area (Å²) in [5.41, 5.74) is 3.40. The fraction of sp³-hybridized carbons (Fsp3) is 0.368. The van der Waals surface area contributed by atoms with Crippen molar-refractivity contribution in [2.75, 3.05) is 19.5 Å². The van der Waals surface area contributed by atoms with Gasteiger partial charge in [-0.25, -0.2) is 0 Å². The minimum absolute atomic E-state index is 0.0847. The van der Waals surface area contributed by atoms with Crippen LogP contribution in [0.25, 0.3) is 0 Å². The Morgan fingerprint density at radius 1 is 1.13 bits per heavy atom. The first-order valence-electron chi connectivity index (χ1n) is 7.79. The quantitative estimate of drug-likeness (QED) is 0.913. The molecule has 0 amide bonds. The maximum atomic E-state index is 6.09. The molecule has 122 valence electrons. The third kappa shape index (κ3) is 3.13. The van der Waals surface area contributed by atoms with Crippen LogP contribution < -0.4 is 14.8 Å². The molecule has 4 nitrogen and oxygen atoms in total. The number of para-hydroxylation sites is 1. The lowest BCUT2D eigenvalue weighted by Gasteiger charge is -2.39. The predicted octanol–water partition coefficient (Wildman–Crippen LogP) is 4.30. The molecule has 1 aliphatic heterocycles. The lowest BCUT2D eigenvalue weighted by Crippen LogP contribution is -2.41. The number of ether oxygens (including phenoxy) is 3. The van der Waals surface area contributed by atoms with E-state index >= 15 is 0 Å². The molecule has 0 spiro atoms. The van der Waals surface area contributed by atoms with Crippen LogP contribution in [0.15, 0.2) is 42.5 Å². The van der Waals surface area contributed by atoms with Gasteiger partial charge in [-0.2, -0.15) is 0 Å². The molecule has 1 heterocycles. The molecule has 0 saturated carbocycles. The summed E-state index contributed by atoms with van der Waals surface area (Å²) < 4.78 is 17.2. The zero-order chi connectivity index (χ0) is 16.4. The molecule has 0 saturated heterocycles. The first-order chi connectivity index (χ1) is 11.0. The third-order valence-corrected chi connectivity index (χ3v) is 4.32. The molecule has 0 radical (unpaired) electrons. The van der Waals surface area contributed by atoms with E-state index in [1.54, 1.807) is 14.2 Å². The van der Waals surface area contributed by atoms with Crippen molar-refractivity contribution in [2.24, 2.45) is 0 Å². The molecule has 0 fully saturated rings. The molecule has 1 N–H and O–H groups in total. The first-order valence-corrected chi connectivity index (χ1v) is 7.79. The van der Waals surface area contributed by atoms with Crippen LogP contribution in [0.5, 0.6) is 11.5 Å². The van der Waals surface area contributed by atoms with Gasteiger partial charge in [0.15, 0.2) is 11.5 Å². The van der Waals surface area contributed by atoms with Gasteiger partial charge in [0.1, 0.15) is 0 Å². The Kier molecular flexibility index (Phi) is 4.18. The first kappa shape index (κ1) is 15.7. The monoisotopic (exact) mass is 313 g/mol. The van der Waals surface area contributed by atoms with E-state index in [1.807, 2.05) is 19.1 Å². The van der Waals surface area contributed by atoms with Gasteiger partial charge in [-0.05, 0) is 25.1 Å². The molecule has 1 aliphatic rings. The van der Waals surface area contributed by atoms with E-state index in [0.29, 0.717) is 6.42 Å². The van der Waals surface area contributed by atoms with Crippen LogP contribution in [-0.4, -0.2) is 20.0 Å². The zero-order valence-electron chi connectivity index (χ0n) is 14.1. The van der Waals surface area contributed by atoms with Crippen LogP contribution in [-0.2, 0) is 4.74 Å². The summed E-state index contributed by atoms with van der Waals surface area (Å²) in [7, 11) is 3.32. The van der Waals surface area contributed by atoms with Gasteiger partial charge in [0.05, 0.1) is 13.2 Å². The van der Waals surface area contributed by atoms with Crippen molar-refractivity contribution in [3.63, 3.8) is 0 Å². The third-order valence-electron chi connectivity index (χ3n) is 4.32. The molecule has 0 bridgehead atoms. The maximum absolute atomic E-state index is 6.09. The fourth-order valence-corrected chi connectivity index (χ4v) is 2.92. The van der Waals surface area contributed by atoms with Crippen molar-refractivity contribution in [1.82, 2.24) is 0 Å². The molecule has 0 aliphatic carbocycles. The van der Waals surface area contributed by atoms with E-state index in [9.17, 15) is 0 Å². The van der Waals surface area contributed by atoms with Crippen LogP contribution in [0.4, 0.5) is 5.69 Å². The lowest BCUT2D eigenvalue weighted by molar-refractivity contribution is -0.164. The van der Waals surface area contributed by atoms with Gasteiger partial charge < -0.3 is 19.5 Å². The SMILES string of the molecule is COc1cccc2c1O[C@@](C)(OC)C[C@H]2Nc1ccc(C)cc1. The minimum Gasteiger partial charge on any atom is -0.493 e. The number of anilines is 1. The summed E-state index contributed by atoms with van der Waals surface area (Å²) >= 11 is 0. The van der Waals surface area contributed by atoms with Crippen molar-refractivity contribution in [3.8, 4) is 11.5 Å². The Balaban J connectivity index is 1.98. The van der Waals surface area contributed by atoms with Gasteiger partial charge in [0.25, 0.3) is 0 Å². The van der Waals surface area contributed by atoms with E-state index in [-0.39, 0.29) is 6.04 Å². The van der Waals surface area contributed by atoms with Crippen molar-refractivity contribution in [3.05, 3.63) is 53.6 Å². The van der Waals surface area contributed by atoms with Gasteiger partial charge in [0, 0.05) is 31.7 Å². The topological polar surface area (TPSA) is 39.7 Å². The van der Waals surface area contributed by atoms with Crippen LogP contribution in [0.2, 0.25) is 0 Å². The predicted molar refractivity (Wildman–Crippen MR) is 91.2 cm³/mol. The number of hydrogen-bond donors (Lipinski definition) is 1. The summed E-state index contributed by atoms with van der Waals surface area (Å²) in [5.74, 6) is 0.778. The highest BCUT2D eigenvalue weighted by molar-refractivity contribution is 5.54. The van der Waals surface area contributed by atoms with E-state index < -0.39 is 5.79 Å². The number of methoxy groups -OCH3 is 2. The Hall–Kier alpha value is -2.20. The molecule has 3 rings (SSSR count). The van der Waals surface area contributed by atoms with Gasteiger partial charge >= 0.3 is 0 Å². The molecule has 2 atom stereocenters. The Morgan fingerprint density at radius 2 is 1.87 bits per heavy atom. The van der Waals surface area contributed by atoms with Crippen LogP contribution in [0.1, 0.15) is 30.5 Å². The number of rotatable bonds is 4. The number of hydrogen-bond acceptors (Lipinski definition) is 4. The summed E-state index contributed by atoms with van der Waals surface area (Å²) in [5, 5.41) is 3.59. The number of aryl methyl sites for hydroxylation is 1. The lowest BCUT2D eigenvalue weighted by atomic mass is 9.94. The summed E-state index contributed by atoms with van der Waals surface area (Å²) in [6, 6.07) is 14.4. The van der Waals surface area contributed by atoms with Gasteiger partial charge in [-0.3, -0.25) is 0 Å². The minimum atomic E-state index is -0.690. The highest BCUT2D eigenvalue weighted by Crippen LogP contribution is 2.46. The van der Waals surface area contributed by atoms with Crippen LogP contribution in [0.3, 0.4) is 0 Å². The number of benzene rings is 2. The Morgan fingerprint density at radius 3 is 2.52 bits per heavy atom. The Labute approximate surface area is 137 Å². The molecule has 2 aromatic carbocycles. The molecular formula is C19H23NO3. The smallest absolute Gasteiger partial charge is 0.209 e. The zero-order valence-corrected chi connectivity index (χ0v) is 14.1. The fourth-order valence-electron chi connectivity index (χ4n) is 2.92. The van der Waals surface area contributed by atoms with E-state index in [0.717, 1.165) is 22.7 Å². The molecule has 0 unspecified atom stereocenters. The molecular weight excluding hydrogens is 290 g/mol. The van der Waals surface area contributed by atoms with Gasteiger partial charge in [0.2, 0.25) is 5.79 Å². The second-order valence-electron chi connectivity index (χ2n) is 6.09.